The van der Waals surface area contributed by atoms with Crippen LogP contribution in [0.5, 0.6) is 0 Å². The highest BCUT2D eigenvalue weighted by Gasteiger charge is 2.13. The fourth-order valence-corrected chi connectivity index (χ4v) is 2.71. The zero-order valence-corrected chi connectivity index (χ0v) is 14.0. The largest absolute Gasteiger partial charge is 0.345 e. The number of hydrogen-bond acceptors (Lipinski definition) is 5. The van der Waals surface area contributed by atoms with Crippen molar-refractivity contribution in [3.8, 4) is 0 Å². The van der Waals surface area contributed by atoms with Crippen LogP contribution in [0.4, 0.5) is 0 Å². The van der Waals surface area contributed by atoms with Crippen molar-refractivity contribution < 1.29 is 4.79 Å². The Hall–Kier alpha value is -1.05. The fourth-order valence-electron chi connectivity index (χ4n) is 1.40. The molecule has 0 aliphatic heterocycles. The molecule has 2 rings (SSSR count). The lowest BCUT2D eigenvalue weighted by molar-refractivity contribution is 0.0950. The molecule has 8 heteroatoms. The molecule has 0 spiro atoms. The minimum atomic E-state index is -0.287. The number of carbonyl (C=O) groups excluding carboxylic acids is 1. The van der Waals surface area contributed by atoms with Crippen LogP contribution in [-0.4, -0.2) is 21.1 Å². The summed E-state index contributed by atoms with van der Waals surface area (Å²) in [7, 11) is 0. The molecular formula is C12H12BrClN4OS. The van der Waals surface area contributed by atoms with Crippen LogP contribution in [0.15, 0.2) is 16.7 Å². The summed E-state index contributed by atoms with van der Waals surface area (Å²) in [5.74, 6) is 0.0470. The Morgan fingerprint density at radius 1 is 1.50 bits per heavy atom. The highest BCUT2D eigenvalue weighted by atomic mass is 79.9. The van der Waals surface area contributed by atoms with Crippen molar-refractivity contribution >= 4 is 44.8 Å². The monoisotopic (exact) mass is 374 g/mol. The van der Waals surface area contributed by atoms with E-state index in [1.54, 1.807) is 12.3 Å². The number of amides is 1. The van der Waals surface area contributed by atoms with Gasteiger partial charge in [-0.2, -0.15) is 0 Å². The predicted molar refractivity (Wildman–Crippen MR) is 82.1 cm³/mol. The first kappa shape index (κ1) is 15.3. The second kappa shape index (κ2) is 6.60. The van der Waals surface area contributed by atoms with Crippen molar-refractivity contribution in [1.29, 1.82) is 0 Å². The second-order valence-corrected chi connectivity index (χ2v) is 6.73. The zero-order chi connectivity index (χ0) is 14.7. The van der Waals surface area contributed by atoms with E-state index in [4.69, 9.17) is 11.6 Å². The summed E-state index contributed by atoms with van der Waals surface area (Å²) < 4.78 is 0.699. The minimum Gasteiger partial charge on any atom is -0.345 e. The lowest BCUT2D eigenvalue weighted by Gasteiger charge is -2.04. The van der Waals surface area contributed by atoms with E-state index in [-0.39, 0.29) is 11.1 Å². The van der Waals surface area contributed by atoms with Crippen molar-refractivity contribution in [3.63, 3.8) is 0 Å². The van der Waals surface area contributed by atoms with E-state index < -0.39 is 0 Å². The molecule has 0 aliphatic rings. The smallest absolute Gasteiger partial charge is 0.254 e. The molecule has 20 heavy (non-hydrogen) atoms. The summed E-state index contributed by atoms with van der Waals surface area (Å²) in [6.07, 6.45) is 1.54. The Balaban J connectivity index is 2.02. The number of aromatic nitrogens is 3. The number of halogens is 2. The highest BCUT2D eigenvalue weighted by molar-refractivity contribution is 9.10. The lowest BCUT2D eigenvalue weighted by atomic mass is 10.2. The van der Waals surface area contributed by atoms with Gasteiger partial charge in [-0.3, -0.25) is 4.79 Å². The minimum absolute atomic E-state index is 0.172. The van der Waals surface area contributed by atoms with Gasteiger partial charge >= 0.3 is 0 Å². The molecule has 0 aliphatic carbocycles. The lowest BCUT2D eigenvalue weighted by Crippen LogP contribution is -2.23. The average Bonchev–Trinajstić information content (AvgIpc) is 2.88. The van der Waals surface area contributed by atoms with Gasteiger partial charge in [0.1, 0.15) is 15.2 Å². The molecule has 2 heterocycles. The molecule has 0 unspecified atom stereocenters. The molecule has 0 atom stereocenters. The molecule has 0 aromatic carbocycles. The van der Waals surface area contributed by atoms with Crippen LogP contribution in [0.3, 0.4) is 0 Å². The van der Waals surface area contributed by atoms with Gasteiger partial charge in [0.25, 0.3) is 5.91 Å². The Kier molecular flexibility index (Phi) is 5.06. The topological polar surface area (TPSA) is 67.8 Å². The zero-order valence-electron chi connectivity index (χ0n) is 10.9. The summed E-state index contributed by atoms with van der Waals surface area (Å²) in [5, 5.41) is 12.8. The van der Waals surface area contributed by atoms with Crippen LogP contribution < -0.4 is 5.32 Å². The van der Waals surface area contributed by atoms with Crippen LogP contribution in [0.2, 0.25) is 5.15 Å². The molecule has 0 radical (unpaired) electrons. The van der Waals surface area contributed by atoms with E-state index >= 15 is 0 Å². The van der Waals surface area contributed by atoms with Crippen molar-refractivity contribution in [1.82, 2.24) is 20.5 Å². The summed E-state index contributed by atoms with van der Waals surface area (Å²) in [6, 6.07) is 1.63. The fraction of sp³-hybridized carbons (Fsp3) is 0.333. The van der Waals surface area contributed by atoms with Crippen molar-refractivity contribution in [2.75, 3.05) is 0 Å². The Bertz CT molecular complexity index is 632. The highest BCUT2D eigenvalue weighted by Crippen LogP contribution is 2.20. The van der Waals surface area contributed by atoms with Crippen LogP contribution in [0.25, 0.3) is 0 Å². The summed E-state index contributed by atoms with van der Waals surface area (Å²) >= 11 is 10.6. The van der Waals surface area contributed by atoms with Crippen molar-refractivity contribution in [3.05, 3.63) is 37.5 Å². The van der Waals surface area contributed by atoms with E-state index in [1.807, 2.05) is 0 Å². The van der Waals surface area contributed by atoms with E-state index in [0.29, 0.717) is 22.5 Å². The summed E-state index contributed by atoms with van der Waals surface area (Å²) in [4.78, 5) is 15.9. The third-order valence-corrected chi connectivity index (χ3v) is 4.39. The van der Waals surface area contributed by atoms with E-state index in [2.05, 4.69) is 50.3 Å². The van der Waals surface area contributed by atoms with E-state index in [9.17, 15) is 4.79 Å². The quantitative estimate of drug-likeness (QED) is 0.832. The molecule has 0 fully saturated rings. The van der Waals surface area contributed by atoms with Gasteiger partial charge in [0.2, 0.25) is 0 Å². The van der Waals surface area contributed by atoms with Gasteiger partial charge < -0.3 is 5.32 Å². The molecule has 106 valence electrons. The molecule has 5 nitrogen and oxygen atoms in total. The van der Waals surface area contributed by atoms with Crippen molar-refractivity contribution in [2.45, 2.75) is 26.3 Å². The summed E-state index contributed by atoms with van der Waals surface area (Å²) in [6.45, 7) is 4.43. The molecule has 2 aromatic rings. The molecule has 0 bridgehead atoms. The number of carbonyl (C=O) groups is 1. The van der Waals surface area contributed by atoms with Gasteiger partial charge in [0.05, 0.1) is 12.1 Å². The Morgan fingerprint density at radius 2 is 2.25 bits per heavy atom. The van der Waals surface area contributed by atoms with Crippen LogP contribution in [0, 0.1) is 0 Å². The Labute approximate surface area is 133 Å². The van der Waals surface area contributed by atoms with Gasteiger partial charge in [0.15, 0.2) is 0 Å². The number of nitrogens with one attached hydrogen (secondary N) is 1. The van der Waals surface area contributed by atoms with Gasteiger partial charge in [-0.1, -0.05) is 36.8 Å². The third kappa shape index (κ3) is 3.74. The van der Waals surface area contributed by atoms with Gasteiger partial charge in [0, 0.05) is 16.6 Å². The first-order chi connectivity index (χ1) is 9.47. The number of rotatable bonds is 4. The normalized spacial score (nSPS) is 10.8. The molecular weight excluding hydrogens is 364 g/mol. The van der Waals surface area contributed by atoms with Gasteiger partial charge in [-0.25, -0.2) is 4.98 Å². The van der Waals surface area contributed by atoms with Crippen LogP contribution >= 0.6 is 38.9 Å². The number of nitrogens with zero attached hydrogens (tertiary/aromatic N) is 3. The summed E-state index contributed by atoms with van der Waals surface area (Å²) in [5.41, 5.74) is 0.328. The molecule has 1 N–H and O–H groups in total. The average molecular weight is 376 g/mol. The third-order valence-electron chi connectivity index (χ3n) is 2.43. The second-order valence-electron chi connectivity index (χ2n) is 4.36. The molecule has 2 aromatic heterocycles. The predicted octanol–water partition coefficient (Wildman–Crippen LogP) is 3.40. The molecule has 0 saturated carbocycles. The number of pyridine rings is 1. The maximum absolute atomic E-state index is 12.0. The van der Waals surface area contributed by atoms with Crippen LogP contribution in [-0.2, 0) is 6.54 Å². The van der Waals surface area contributed by atoms with Gasteiger partial charge in [-0.05, 0) is 22.0 Å². The first-order valence-electron chi connectivity index (χ1n) is 5.89. The SMILES string of the molecule is CC(C)c1nnc(CNC(=O)c2cc(Br)cnc2Cl)s1. The van der Waals surface area contributed by atoms with Crippen LogP contribution in [0.1, 0.15) is 40.1 Å². The van der Waals surface area contributed by atoms with E-state index in [1.165, 1.54) is 11.3 Å². The Morgan fingerprint density at radius 3 is 2.90 bits per heavy atom. The maximum atomic E-state index is 12.0. The molecule has 1 amide bonds. The van der Waals surface area contributed by atoms with Crippen molar-refractivity contribution in [2.24, 2.45) is 0 Å². The van der Waals surface area contributed by atoms with Gasteiger partial charge in [-0.15, -0.1) is 10.2 Å². The maximum Gasteiger partial charge on any atom is 0.254 e. The molecule has 0 saturated heterocycles. The first-order valence-corrected chi connectivity index (χ1v) is 7.87. The standard InChI is InChI=1S/C12H12BrClN4OS/c1-6(2)12-18-17-9(20-12)5-16-11(19)8-3-7(13)4-15-10(8)14/h3-4,6H,5H2,1-2H3,(H,16,19). The van der Waals surface area contributed by atoms with E-state index in [0.717, 1.165) is 10.0 Å². The number of hydrogen-bond donors (Lipinski definition) is 1.